The summed E-state index contributed by atoms with van der Waals surface area (Å²) in [5.74, 6) is 1.10. The van der Waals surface area contributed by atoms with Crippen molar-refractivity contribution in [1.29, 1.82) is 0 Å². The first-order valence-electron chi connectivity index (χ1n) is 29.2. The van der Waals surface area contributed by atoms with Crippen molar-refractivity contribution in [2.75, 3.05) is 74.6 Å². The molecule has 0 spiro atoms. The number of H-pyrrole nitrogens is 2. The van der Waals surface area contributed by atoms with Crippen molar-refractivity contribution in [1.82, 2.24) is 56.3 Å². The largest absolute Gasteiger partial charge is 0.491 e. The molecule has 5 aliphatic heterocycles. The Kier molecular flexibility index (Phi) is 15.7. The molecule has 4 saturated heterocycles. The lowest BCUT2D eigenvalue weighted by Gasteiger charge is -2.54. The molecule has 5 aliphatic rings. The molecule has 21 heteroatoms. The fourth-order valence-electron chi connectivity index (χ4n) is 13.4. The van der Waals surface area contributed by atoms with E-state index in [1.165, 1.54) is 12.5 Å². The molecule has 19 nitrogen and oxygen atoms in total. The maximum atomic E-state index is 17.0. The summed E-state index contributed by atoms with van der Waals surface area (Å²) in [5.41, 5.74) is 0.810. The number of nitrogens with one attached hydrogen (secondary N) is 7. The van der Waals surface area contributed by atoms with Gasteiger partial charge < -0.3 is 45.4 Å². The Morgan fingerprint density at radius 1 is 0.756 bits per heavy atom. The van der Waals surface area contributed by atoms with Crippen LogP contribution in [0.4, 0.5) is 26.0 Å². The van der Waals surface area contributed by atoms with E-state index >= 15 is 8.78 Å². The molecule has 7 N–H and O–H groups in total. The van der Waals surface area contributed by atoms with Crippen LogP contribution in [0.5, 0.6) is 5.75 Å². The summed E-state index contributed by atoms with van der Waals surface area (Å²) < 4.78 is 46.8. The quantitative estimate of drug-likeness (QED) is 0.0316. The molecular weight excluding hydrogens is 1040 g/mol. The van der Waals surface area contributed by atoms with E-state index in [0.717, 1.165) is 66.5 Å². The van der Waals surface area contributed by atoms with Gasteiger partial charge in [-0.1, -0.05) is 43.7 Å². The topological polar surface area (TPSA) is 225 Å². The number of fused-ring (bicyclic) bond motifs is 2. The summed E-state index contributed by atoms with van der Waals surface area (Å²) in [6, 6.07) is 24.3. The Hall–Kier alpha value is -7.88. The number of unbranched alkanes of at least 4 members (excludes halogenated alkanes) is 2. The average Bonchev–Trinajstić information content (AvgIpc) is 4.44. The maximum absolute atomic E-state index is 17.0. The third kappa shape index (κ3) is 10.8. The maximum Gasteiger partial charge on any atom is 0.254 e. The van der Waals surface area contributed by atoms with Gasteiger partial charge in [0.1, 0.15) is 35.9 Å². The number of quaternary nitrogens is 1. The minimum Gasteiger partial charge on any atom is -0.491 e. The number of likely N-dealkylation sites (N-methyl/N-ethyl adjacent to an activating group) is 1. The van der Waals surface area contributed by atoms with Gasteiger partial charge in [0, 0.05) is 55.0 Å². The highest BCUT2D eigenvalue weighted by atomic mass is 19.1. The lowest BCUT2D eigenvalue weighted by molar-refractivity contribution is -0.960. The van der Waals surface area contributed by atoms with Crippen LogP contribution in [0.3, 0.4) is 0 Å². The Morgan fingerprint density at radius 2 is 1.41 bits per heavy atom. The second-order valence-electron chi connectivity index (χ2n) is 22.6. The number of aromatic amines is 2. The highest BCUT2D eigenvalue weighted by Crippen LogP contribution is 2.41. The first-order chi connectivity index (χ1) is 40.1. The highest BCUT2D eigenvalue weighted by molar-refractivity contribution is 5.96. The van der Waals surface area contributed by atoms with Crippen molar-refractivity contribution in [2.24, 2.45) is 0 Å². The van der Waals surface area contributed by atoms with Crippen LogP contribution in [-0.2, 0) is 15.8 Å². The Morgan fingerprint density at radius 3 is 2.11 bits per heavy atom. The summed E-state index contributed by atoms with van der Waals surface area (Å²) in [6.07, 6.45) is 13.4. The molecule has 3 aromatic carbocycles. The molecular formula is C61H72F2N15O4+. The van der Waals surface area contributed by atoms with Crippen LogP contribution in [-0.4, -0.2) is 134 Å². The van der Waals surface area contributed by atoms with E-state index in [9.17, 15) is 9.59 Å². The zero-order valence-corrected chi connectivity index (χ0v) is 46.5. The molecule has 428 valence electrons. The number of hydrogen-bond acceptors (Lipinski definition) is 14. The number of hydrogen-bond donors (Lipinski definition) is 7. The SMILES string of the molecule is CCCCC[N+]1(CC)CCCC2OCC[C@H](NC(=O)c3cccc(NC4(c5nc(-c6ccnc(N7CCC(Nc8cccc(C(=O)N[C@H]9COc%10ccccc%109)c8F)(c8nc(-c9ccncc9)n[nH]8)CC7)c6)n[nH]5)CCNCC4)c3F)C21. The molecule has 7 aromatic rings. The molecule has 82 heavy (non-hydrogen) atoms. The third-order valence-corrected chi connectivity index (χ3v) is 17.9. The van der Waals surface area contributed by atoms with Gasteiger partial charge in [0.2, 0.25) is 0 Å². The van der Waals surface area contributed by atoms with Gasteiger partial charge in [-0.05, 0) is 132 Å². The number of benzene rings is 3. The van der Waals surface area contributed by atoms with E-state index < -0.39 is 40.6 Å². The van der Waals surface area contributed by atoms with Crippen molar-refractivity contribution in [3.05, 3.63) is 143 Å². The van der Waals surface area contributed by atoms with E-state index in [1.807, 2.05) is 48.5 Å². The number of carbonyl (C=O) groups excluding carboxylic acids is 2. The predicted molar refractivity (Wildman–Crippen MR) is 307 cm³/mol. The van der Waals surface area contributed by atoms with Crippen LogP contribution in [0.15, 0.2) is 104 Å². The molecule has 0 aliphatic carbocycles. The molecule has 0 radical (unpaired) electrons. The van der Waals surface area contributed by atoms with Crippen LogP contribution >= 0.6 is 0 Å². The van der Waals surface area contributed by atoms with E-state index in [-0.39, 0.29) is 47.3 Å². The van der Waals surface area contributed by atoms with E-state index in [0.29, 0.717) is 99.8 Å². The van der Waals surface area contributed by atoms with Crippen molar-refractivity contribution in [3.8, 4) is 28.5 Å². The van der Waals surface area contributed by atoms with Gasteiger partial charge in [0.15, 0.2) is 34.9 Å². The smallest absolute Gasteiger partial charge is 0.254 e. The Balaban J connectivity index is 0.762. The number of anilines is 3. The number of rotatable bonds is 18. The van der Waals surface area contributed by atoms with Crippen LogP contribution < -0.4 is 36.2 Å². The van der Waals surface area contributed by atoms with Gasteiger partial charge in [-0.25, -0.2) is 23.7 Å². The van der Waals surface area contributed by atoms with Crippen molar-refractivity contribution < 1.29 is 32.3 Å². The van der Waals surface area contributed by atoms with Gasteiger partial charge in [-0.2, -0.15) is 10.2 Å². The van der Waals surface area contributed by atoms with E-state index in [2.05, 4.69) is 65.6 Å². The van der Waals surface area contributed by atoms with Crippen LogP contribution in [0, 0.1) is 11.6 Å². The fourth-order valence-corrected chi connectivity index (χ4v) is 13.4. The third-order valence-electron chi connectivity index (χ3n) is 17.9. The number of likely N-dealkylation sites (tertiary alicyclic amines) is 1. The van der Waals surface area contributed by atoms with E-state index in [4.69, 9.17) is 29.5 Å². The lowest BCUT2D eigenvalue weighted by Crippen LogP contribution is -2.71. The number of amides is 2. The molecule has 0 saturated carbocycles. The van der Waals surface area contributed by atoms with Gasteiger partial charge >= 0.3 is 0 Å². The van der Waals surface area contributed by atoms with Crippen LogP contribution in [0.2, 0.25) is 0 Å². The van der Waals surface area contributed by atoms with Crippen LogP contribution in [0.1, 0.15) is 122 Å². The van der Waals surface area contributed by atoms with Gasteiger partial charge in [0.05, 0.1) is 59.8 Å². The lowest BCUT2D eigenvalue weighted by atomic mass is 9.85. The zero-order chi connectivity index (χ0) is 56.3. The Labute approximate surface area is 475 Å². The average molecular weight is 1120 g/mol. The highest BCUT2D eigenvalue weighted by Gasteiger charge is 2.51. The predicted octanol–water partition coefficient (Wildman–Crippen LogP) is 8.56. The zero-order valence-electron chi connectivity index (χ0n) is 46.5. The van der Waals surface area contributed by atoms with Crippen molar-refractivity contribution >= 4 is 29.0 Å². The van der Waals surface area contributed by atoms with Crippen LogP contribution in [0.25, 0.3) is 22.8 Å². The Bertz CT molecular complexity index is 3380. The fraction of sp³-hybridized carbons (Fsp3) is 0.443. The van der Waals surface area contributed by atoms with Crippen molar-refractivity contribution in [3.63, 3.8) is 0 Å². The number of para-hydroxylation sites is 1. The second-order valence-corrected chi connectivity index (χ2v) is 22.6. The molecule has 2 amide bonds. The minimum absolute atomic E-state index is 0.000758. The number of piperidine rings is 3. The molecule has 9 heterocycles. The number of halogens is 2. The summed E-state index contributed by atoms with van der Waals surface area (Å²) >= 11 is 0. The number of pyridine rings is 2. The first-order valence-corrected chi connectivity index (χ1v) is 29.2. The number of nitrogens with zero attached hydrogens (tertiary/aromatic N) is 8. The molecule has 5 atom stereocenters. The number of aromatic nitrogens is 8. The second kappa shape index (κ2) is 23.5. The van der Waals surface area contributed by atoms with Gasteiger partial charge in [0.25, 0.3) is 11.8 Å². The summed E-state index contributed by atoms with van der Waals surface area (Å²) in [5, 5.41) is 32.5. The normalized spacial score (nSPS) is 22.8. The molecule has 4 fully saturated rings. The minimum atomic E-state index is -0.948. The summed E-state index contributed by atoms with van der Waals surface area (Å²) in [6.45, 7) is 10.6. The first kappa shape index (κ1) is 54.7. The standard InChI is InChI=1S/C61H71F2N15O4/c1-3-5-8-34-78(4-2)35-11-18-49-53(78)46(22-36-81-49)67-56(79)42-13-9-15-44(51(42)62)71-60(23-30-65-31-24-60)58-70-55(74-75-58)40-21-29-66-50(37-40)77-32-25-61(26-33-77,59-69-54(73-76-59)39-19-27-64-28-20-39)72-45-16-10-14-43(52(45)63)57(80)68-47-38-82-48-17-7-6-12-41(47)48/h6-7,9-10,12-17,19-21,27-29,37,46-47,49,53,65,71-72H,3-5,8,11,18,22-26,30-36,38H2,1-2H3,(H3-,64,66,67,68,69,70,73,74,75,76,79,80)/p+1/t46-,47-,49?,53?,78?/m0/s1. The molecule has 4 aromatic heterocycles. The number of ether oxygens (including phenoxy) is 2. The van der Waals surface area contributed by atoms with Crippen molar-refractivity contribution in [2.45, 2.75) is 113 Å². The molecule has 3 unspecified atom stereocenters. The van der Waals surface area contributed by atoms with E-state index in [1.54, 1.807) is 48.9 Å². The number of carbonyl (C=O) groups is 2. The summed E-state index contributed by atoms with van der Waals surface area (Å²) in [4.78, 5) is 49.2. The monoisotopic (exact) mass is 1120 g/mol. The molecule has 12 rings (SSSR count). The molecule has 0 bridgehead atoms. The van der Waals surface area contributed by atoms with Gasteiger partial charge in [-0.15, -0.1) is 0 Å². The summed E-state index contributed by atoms with van der Waals surface area (Å²) in [7, 11) is 0. The van der Waals surface area contributed by atoms with Gasteiger partial charge in [-0.3, -0.25) is 24.8 Å².